The van der Waals surface area contributed by atoms with E-state index >= 15 is 0 Å². The number of carbonyl (C=O) groups is 1. The summed E-state index contributed by atoms with van der Waals surface area (Å²) in [6.45, 7) is 2.64. The Bertz CT molecular complexity index is 335. The quantitative estimate of drug-likeness (QED) is 0.760. The molecule has 0 unspecified atom stereocenters. The molecule has 88 valence electrons. The molecule has 0 spiro atoms. The van der Waals surface area contributed by atoms with Gasteiger partial charge in [0.05, 0.1) is 7.11 Å². The lowest BCUT2D eigenvalue weighted by Gasteiger charge is -2.13. The van der Waals surface area contributed by atoms with E-state index in [-0.39, 0.29) is 11.9 Å². The number of amides is 1. The highest BCUT2D eigenvalue weighted by molar-refractivity contribution is 5.73. The Morgan fingerprint density at radius 1 is 1.44 bits per heavy atom. The third-order valence-corrected chi connectivity index (χ3v) is 2.44. The smallest absolute Gasteiger partial charge is 0.218 e. The van der Waals surface area contributed by atoms with Crippen LogP contribution in [0.3, 0.4) is 0 Å². The molecule has 4 nitrogen and oxygen atoms in total. The molecular weight excluding hydrogens is 204 g/mol. The summed E-state index contributed by atoms with van der Waals surface area (Å²) in [6.07, 6.45) is 0.362. The van der Waals surface area contributed by atoms with Gasteiger partial charge in [0.25, 0.3) is 0 Å². The molecule has 3 N–H and O–H groups in total. The minimum Gasteiger partial charge on any atom is -0.497 e. The van der Waals surface area contributed by atoms with Gasteiger partial charge in [-0.1, -0.05) is 12.1 Å². The number of nitrogens with two attached hydrogens (primary N) is 1. The minimum atomic E-state index is -0.283. The fourth-order valence-corrected chi connectivity index (χ4v) is 1.42. The van der Waals surface area contributed by atoms with Gasteiger partial charge in [0, 0.05) is 19.0 Å². The van der Waals surface area contributed by atoms with Crippen LogP contribution in [0.2, 0.25) is 0 Å². The maximum absolute atomic E-state index is 10.6. The Morgan fingerprint density at radius 3 is 2.56 bits per heavy atom. The highest BCUT2D eigenvalue weighted by Crippen LogP contribution is 2.16. The van der Waals surface area contributed by atoms with Crippen molar-refractivity contribution < 1.29 is 9.53 Å². The number of benzene rings is 1. The summed E-state index contributed by atoms with van der Waals surface area (Å²) in [5.74, 6) is 0.558. The van der Waals surface area contributed by atoms with Crippen LogP contribution in [0.15, 0.2) is 24.3 Å². The van der Waals surface area contributed by atoms with Gasteiger partial charge in [0.15, 0.2) is 0 Å². The van der Waals surface area contributed by atoms with Gasteiger partial charge in [-0.05, 0) is 24.6 Å². The molecular formula is C12H18N2O2. The fourth-order valence-electron chi connectivity index (χ4n) is 1.42. The first kappa shape index (κ1) is 12.5. The van der Waals surface area contributed by atoms with E-state index in [0.717, 1.165) is 11.3 Å². The van der Waals surface area contributed by atoms with Crippen molar-refractivity contribution in [3.63, 3.8) is 0 Å². The van der Waals surface area contributed by atoms with Crippen LogP contribution in [-0.4, -0.2) is 19.6 Å². The second kappa shape index (κ2) is 6.12. The van der Waals surface area contributed by atoms with Crippen LogP contribution < -0.4 is 15.8 Å². The van der Waals surface area contributed by atoms with E-state index in [1.165, 1.54) is 0 Å². The monoisotopic (exact) mass is 222 g/mol. The number of rotatable bonds is 6. The molecule has 0 aliphatic heterocycles. The standard InChI is InChI=1S/C12H18N2O2/c1-9(14-8-7-12(13)15)10-3-5-11(16-2)6-4-10/h3-6,9,14H,7-8H2,1-2H3,(H2,13,15)/t9-/m0/s1. The average molecular weight is 222 g/mol. The summed E-state index contributed by atoms with van der Waals surface area (Å²) >= 11 is 0. The third-order valence-electron chi connectivity index (χ3n) is 2.44. The van der Waals surface area contributed by atoms with Crippen molar-refractivity contribution in [3.8, 4) is 5.75 Å². The zero-order valence-corrected chi connectivity index (χ0v) is 9.69. The number of methoxy groups -OCH3 is 1. The van der Waals surface area contributed by atoms with Gasteiger partial charge >= 0.3 is 0 Å². The molecule has 0 fully saturated rings. The van der Waals surface area contributed by atoms with Crippen LogP contribution in [0, 0.1) is 0 Å². The van der Waals surface area contributed by atoms with E-state index in [2.05, 4.69) is 5.32 Å². The van der Waals surface area contributed by atoms with Gasteiger partial charge in [-0.15, -0.1) is 0 Å². The first-order valence-corrected chi connectivity index (χ1v) is 5.29. The van der Waals surface area contributed by atoms with Gasteiger partial charge in [-0.3, -0.25) is 4.79 Å². The van der Waals surface area contributed by atoms with Gasteiger partial charge in [-0.25, -0.2) is 0 Å². The molecule has 1 rings (SSSR count). The van der Waals surface area contributed by atoms with Crippen molar-refractivity contribution in [2.45, 2.75) is 19.4 Å². The lowest BCUT2D eigenvalue weighted by molar-refractivity contribution is -0.117. The average Bonchev–Trinajstić information content (AvgIpc) is 2.28. The molecule has 1 aromatic rings. The molecule has 1 aromatic carbocycles. The van der Waals surface area contributed by atoms with Crippen LogP contribution in [0.25, 0.3) is 0 Å². The van der Waals surface area contributed by atoms with E-state index in [9.17, 15) is 4.79 Å². The second-order valence-electron chi connectivity index (χ2n) is 3.67. The fraction of sp³-hybridized carbons (Fsp3) is 0.417. The molecule has 4 heteroatoms. The number of carbonyl (C=O) groups excluding carboxylic acids is 1. The molecule has 0 aliphatic rings. The summed E-state index contributed by atoms with van der Waals surface area (Å²) in [7, 11) is 1.64. The predicted molar refractivity (Wildman–Crippen MR) is 63.2 cm³/mol. The van der Waals surface area contributed by atoms with Crippen LogP contribution >= 0.6 is 0 Å². The third kappa shape index (κ3) is 3.90. The number of hydrogen-bond donors (Lipinski definition) is 2. The maximum Gasteiger partial charge on any atom is 0.218 e. The van der Waals surface area contributed by atoms with Gasteiger partial charge < -0.3 is 15.8 Å². The van der Waals surface area contributed by atoms with E-state index < -0.39 is 0 Å². The van der Waals surface area contributed by atoms with Crippen molar-refractivity contribution in [1.82, 2.24) is 5.32 Å². The molecule has 0 radical (unpaired) electrons. The Kier molecular flexibility index (Phi) is 4.79. The predicted octanol–water partition coefficient (Wildman–Crippen LogP) is 1.22. The van der Waals surface area contributed by atoms with Crippen molar-refractivity contribution in [2.24, 2.45) is 5.73 Å². The normalized spacial score (nSPS) is 12.1. The van der Waals surface area contributed by atoms with E-state index in [0.29, 0.717) is 13.0 Å². The van der Waals surface area contributed by atoms with Gasteiger partial charge in [-0.2, -0.15) is 0 Å². The summed E-state index contributed by atoms with van der Waals surface area (Å²) in [5, 5.41) is 3.23. The van der Waals surface area contributed by atoms with Crippen LogP contribution in [0.5, 0.6) is 5.75 Å². The highest BCUT2D eigenvalue weighted by atomic mass is 16.5. The molecule has 16 heavy (non-hydrogen) atoms. The topological polar surface area (TPSA) is 64.3 Å². The van der Waals surface area contributed by atoms with Crippen molar-refractivity contribution in [1.29, 1.82) is 0 Å². The second-order valence-corrected chi connectivity index (χ2v) is 3.67. The van der Waals surface area contributed by atoms with E-state index in [1.807, 2.05) is 31.2 Å². The van der Waals surface area contributed by atoms with Gasteiger partial charge in [0.1, 0.15) is 5.75 Å². The zero-order valence-electron chi connectivity index (χ0n) is 9.69. The van der Waals surface area contributed by atoms with E-state index in [4.69, 9.17) is 10.5 Å². The summed E-state index contributed by atoms with van der Waals surface area (Å²) in [6, 6.07) is 8.04. The van der Waals surface area contributed by atoms with Crippen LogP contribution in [-0.2, 0) is 4.79 Å². The number of hydrogen-bond acceptors (Lipinski definition) is 3. The molecule has 1 atom stereocenters. The Hall–Kier alpha value is -1.55. The molecule has 0 heterocycles. The van der Waals surface area contributed by atoms with Crippen molar-refractivity contribution >= 4 is 5.91 Å². The van der Waals surface area contributed by atoms with Crippen molar-refractivity contribution in [3.05, 3.63) is 29.8 Å². The lowest BCUT2D eigenvalue weighted by Crippen LogP contribution is -2.24. The molecule has 0 aliphatic carbocycles. The van der Waals surface area contributed by atoms with Crippen LogP contribution in [0.4, 0.5) is 0 Å². The summed E-state index contributed by atoms with van der Waals surface area (Å²) < 4.78 is 5.08. The molecule has 0 saturated carbocycles. The molecule has 0 saturated heterocycles. The first-order valence-electron chi connectivity index (χ1n) is 5.29. The maximum atomic E-state index is 10.6. The Morgan fingerprint density at radius 2 is 2.06 bits per heavy atom. The first-order chi connectivity index (χ1) is 7.63. The summed E-state index contributed by atoms with van der Waals surface area (Å²) in [4.78, 5) is 10.6. The zero-order chi connectivity index (χ0) is 12.0. The van der Waals surface area contributed by atoms with E-state index in [1.54, 1.807) is 7.11 Å². The summed E-state index contributed by atoms with van der Waals surface area (Å²) in [5.41, 5.74) is 6.22. The lowest BCUT2D eigenvalue weighted by atomic mass is 10.1. The number of primary amides is 1. The van der Waals surface area contributed by atoms with Gasteiger partial charge in [0.2, 0.25) is 5.91 Å². The Balaban J connectivity index is 2.45. The Labute approximate surface area is 95.8 Å². The molecule has 0 bridgehead atoms. The molecule has 1 amide bonds. The van der Waals surface area contributed by atoms with Crippen molar-refractivity contribution in [2.75, 3.05) is 13.7 Å². The highest BCUT2D eigenvalue weighted by Gasteiger charge is 2.04. The SMILES string of the molecule is COc1ccc([C@H](C)NCCC(N)=O)cc1. The van der Waals surface area contributed by atoms with Crippen LogP contribution in [0.1, 0.15) is 24.9 Å². The number of ether oxygens (including phenoxy) is 1. The minimum absolute atomic E-state index is 0.199. The molecule has 0 aromatic heterocycles. The number of nitrogens with one attached hydrogen (secondary N) is 1. The largest absolute Gasteiger partial charge is 0.497 e.